The minimum atomic E-state index is -0.328. The summed E-state index contributed by atoms with van der Waals surface area (Å²) in [6, 6.07) is 8.42. The number of hydrogen-bond donors (Lipinski definition) is 0. The largest absolute Gasteiger partial charge is 0.469 e. The van der Waals surface area contributed by atoms with Crippen LogP contribution in [-0.4, -0.2) is 13.1 Å². The number of fused-ring (bicyclic) bond motifs is 4. The predicted octanol–water partition coefficient (Wildman–Crippen LogP) is 2.62. The Balaban J connectivity index is 1.98. The van der Waals surface area contributed by atoms with Gasteiger partial charge in [-0.15, -0.1) is 0 Å². The van der Waals surface area contributed by atoms with Gasteiger partial charge in [0.1, 0.15) is 0 Å². The molecule has 1 fully saturated rings. The molecule has 0 amide bonds. The summed E-state index contributed by atoms with van der Waals surface area (Å²) in [6.07, 6.45) is 4.42. The zero-order valence-corrected chi connectivity index (χ0v) is 9.94. The van der Waals surface area contributed by atoms with Crippen molar-refractivity contribution in [1.82, 2.24) is 0 Å². The first-order chi connectivity index (χ1) is 8.18. The average Bonchev–Trinajstić information content (AvgIpc) is 2.64. The molecule has 1 saturated carbocycles. The van der Waals surface area contributed by atoms with E-state index in [0.29, 0.717) is 5.92 Å². The third-order valence-electron chi connectivity index (χ3n) is 5.15. The third-order valence-corrected chi connectivity index (χ3v) is 5.15. The van der Waals surface area contributed by atoms with Crippen molar-refractivity contribution in [3.63, 3.8) is 0 Å². The molecule has 0 aromatic heterocycles. The van der Waals surface area contributed by atoms with E-state index in [4.69, 9.17) is 4.74 Å². The molecule has 3 aliphatic rings. The minimum Gasteiger partial charge on any atom is -0.469 e. The number of esters is 1. The molecule has 4 unspecified atom stereocenters. The van der Waals surface area contributed by atoms with Crippen LogP contribution in [0.15, 0.2) is 36.4 Å². The van der Waals surface area contributed by atoms with Crippen LogP contribution in [0.25, 0.3) is 0 Å². The number of rotatable bonds is 1. The third kappa shape index (κ3) is 0.700. The van der Waals surface area contributed by atoms with Crippen LogP contribution in [0.4, 0.5) is 0 Å². The van der Waals surface area contributed by atoms with Gasteiger partial charge in [0.15, 0.2) is 0 Å². The highest BCUT2D eigenvalue weighted by Gasteiger charge is 2.85. The summed E-state index contributed by atoms with van der Waals surface area (Å²) in [5.74, 6) is 0.506. The number of carbonyl (C=O) groups excluding carboxylic acids is 1. The second-order valence-corrected chi connectivity index (χ2v) is 5.54. The Morgan fingerprint density at radius 1 is 1.29 bits per heavy atom. The van der Waals surface area contributed by atoms with E-state index in [1.54, 1.807) is 0 Å². The second-order valence-electron chi connectivity index (χ2n) is 5.54. The van der Waals surface area contributed by atoms with Crippen LogP contribution in [0.2, 0.25) is 0 Å². The quantitative estimate of drug-likeness (QED) is 0.543. The topological polar surface area (TPSA) is 26.3 Å². The smallest absolute Gasteiger partial charge is 0.314 e. The van der Waals surface area contributed by atoms with Crippen LogP contribution >= 0.6 is 0 Å². The number of ether oxygens (including phenoxy) is 1. The number of carbonyl (C=O) groups is 1. The summed E-state index contributed by atoms with van der Waals surface area (Å²) in [4.78, 5) is 12.2. The van der Waals surface area contributed by atoms with Gasteiger partial charge in [-0.25, -0.2) is 0 Å². The molecule has 1 aromatic carbocycles. The van der Waals surface area contributed by atoms with Crippen LogP contribution < -0.4 is 0 Å². The fourth-order valence-electron chi connectivity index (χ4n) is 4.47. The van der Waals surface area contributed by atoms with Crippen molar-refractivity contribution in [3.8, 4) is 0 Å². The summed E-state index contributed by atoms with van der Waals surface area (Å²) >= 11 is 0. The Hall–Kier alpha value is -1.57. The van der Waals surface area contributed by atoms with Crippen molar-refractivity contribution in [1.29, 1.82) is 0 Å². The van der Waals surface area contributed by atoms with E-state index >= 15 is 0 Å². The lowest BCUT2D eigenvalue weighted by Crippen LogP contribution is -2.25. The highest BCUT2D eigenvalue weighted by molar-refractivity contribution is 5.91. The van der Waals surface area contributed by atoms with Gasteiger partial charge in [-0.3, -0.25) is 4.79 Å². The van der Waals surface area contributed by atoms with Gasteiger partial charge in [0.05, 0.1) is 12.5 Å². The van der Waals surface area contributed by atoms with Crippen LogP contribution in [-0.2, 0) is 9.53 Å². The van der Waals surface area contributed by atoms with Crippen molar-refractivity contribution < 1.29 is 9.53 Å². The molecule has 2 nitrogen and oxygen atoms in total. The van der Waals surface area contributed by atoms with Gasteiger partial charge in [-0.2, -0.15) is 0 Å². The number of hydrogen-bond acceptors (Lipinski definition) is 2. The van der Waals surface area contributed by atoms with Gasteiger partial charge in [-0.1, -0.05) is 43.3 Å². The van der Waals surface area contributed by atoms with Gasteiger partial charge in [0, 0.05) is 17.3 Å². The van der Waals surface area contributed by atoms with Gasteiger partial charge in [0.2, 0.25) is 0 Å². The number of benzene rings is 1. The molecular weight excluding hydrogens is 212 g/mol. The van der Waals surface area contributed by atoms with Crippen LogP contribution in [0.1, 0.15) is 29.9 Å². The van der Waals surface area contributed by atoms with Crippen molar-refractivity contribution in [2.75, 3.05) is 7.11 Å². The number of allylic oxidation sites excluding steroid dienone is 2. The normalized spacial score (nSPS) is 43.2. The Bertz CT molecular complexity index is 574. The molecule has 86 valence electrons. The van der Waals surface area contributed by atoms with E-state index in [-0.39, 0.29) is 22.7 Å². The Kier molecular flexibility index (Phi) is 1.38. The van der Waals surface area contributed by atoms with Gasteiger partial charge >= 0.3 is 5.97 Å². The molecule has 0 heterocycles. The average molecular weight is 226 g/mol. The Labute approximate surface area is 100 Å². The lowest BCUT2D eigenvalue weighted by Gasteiger charge is -2.19. The SMILES string of the molecule is COC(=O)C12C3C=CC1(C)C2c1ccccc13. The summed E-state index contributed by atoms with van der Waals surface area (Å²) < 4.78 is 5.08. The molecule has 0 aliphatic heterocycles. The molecule has 0 spiro atoms. The standard InChI is InChI=1S/C15H14O2/c1-14-8-7-11-9-5-3-4-6-10(9)12(14)15(11,14)13(16)17-2/h3-8,11-12H,1-2H3. The maximum atomic E-state index is 12.2. The Morgan fingerprint density at radius 3 is 2.71 bits per heavy atom. The molecule has 4 rings (SSSR count). The highest BCUT2D eigenvalue weighted by Crippen LogP contribution is 2.87. The molecule has 2 heteroatoms. The van der Waals surface area contributed by atoms with E-state index in [1.165, 1.54) is 18.2 Å². The monoisotopic (exact) mass is 226 g/mol. The molecule has 3 aliphatic carbocycles. The predicted molar refractivity (Wildman–Crippen MR) is 63.6 cm³/mol. The lowest BCUT2D eigenvalue weighted by atomic mass is 9.84. The fraction of sp³-hybridized carbons (Fsp3) is 0.400. The summed E-state index contributed by atoms with van der Waals surface area (Å²) in [6.45, 7) is 2.18. The van der Waals surface area contributed by atoms with Crippen LogP contribution in [0, 0.1) is 10.8 Å². The zero-order valence-electron chi connectivity index (χ0n) is 9.94. The maximum absolute atomic E-state index is 12.2. The summed E-state index contributed by atoms with van der Waals surface area (Å²) in [7, 11) is 1.50. The molecule has 0 saturated heterocycles. The summed E-state index contributed by atoms with van der Waals surface area (Å²) in [5.41, 5.74) is 2.31. The molecular formula is C15H14O2. The van der Waals surface area contributed by atoms with E-state index < -0.39 is 0 Å². The fourth-order valence-corrected chi connectivity index (χ4v) is 4.47. The van der Waals surface area contributed by atoms with Crippen molar-refractivity contribution in [3.05, 3.63) is 47.5 Å². The number of methoxy groups -OCH3 is 1. The molecule has 1 aromatic rings. The van der Waals surface area contributed by atoms with Gasteiger partial charge < -0.3 is 4.74 Å². The first kappa shape index (κ1) is 9.46. The van der Waals surface area contributed by atoms with Gasteiger partial charge in [0.25, 0.3) is 0 Å². The molecule has 4 atom stereocenters. The molecule has 17 heavy (non-hydrogen) atoms. The first-order valence-electron chi connectivity index (χ1n) is 6.04. The molecule has 0 bridgehead atoms. The van der Waals surface area contributed by atoms with E-state index in [1.807, 2.05) is 0 Å². The summed E-state index contributed by atoms with van der Waals surface area (Å²) in [5, 5.41) is 0. The minimum absolute atomic E-state index is 0.0148. The van der Waals surface area contributed by atoms with E-state index in [0.717, 1.165) is 0 Å². The van der Waals surface area contributed by atoms with Crippen LogP contribution in [0.3, 0.4) is 0 Å². The lowest BCUT2D eigenvalue weighted by molar-refractivity contribution is -0.148. The zero-order chi connectivity index (χ0) is 11.8. The first-order valence-corrected chi connectivity index (χ1v) is 6.04. The maximum Gasteiger partial charge on any atom is 0.314 e. The highest BCUT2D eigenvalue weighted by atomic mass is 16.5. The van der Waals surface area contributed by atoms with Gasteiger partial charge in [-0.05, 0) is 11.1 Å². The Morgan fingerprint density at radius 2 is 2.00 bits per heavy atom. The van der Waals surface area contributed by atoms with Crippen LogP contribution in [0.5, 0.6) is 0 Å². The molecule has 0 radical (unpaired) electrons. The van der Waals surface area contributed by atoms with Crippen molar-refractivity contribution in [2.24, 2.45) is 10.8 Å². The van der Waals surface area contributed by atoms with Crippen molar-refractivity contribution >= 4 is 5.97 Å². The molecule has 0 N–H and O–H groups in total. The van der Waals surface area contributed by atoms with Crippen molar-refractivity contribution in [2.45, 2.75) is 18.8 Å². The van der Waals surface area contributed by atoms with E-state index in [9.17, 15) is 4.79 Å². The van der Waals surface area contributed by atoms with E-state index in [2.05, 4.69) is 43.3 Å². The second kappa shape index (κ2) is 2.47.